The summed E-state index contributed by atoms with van der Waals surface area (Å²) in [4.78, 5) is 169. The van der Waals surface area contributed by atoms with Crippen molar-refractivity contribution in [2.45, 2.75) is 107 Å². The van der Waals surface area contributed by atoms with Gasteiger partial charge >= 0.3 is 5.97 Å². The Bertz CT molecular complexity index is 2380. The standard InChI is InChI=1S/C43H62N16O15/c1-20-36(68)57-29(14-34(66)67)37(69)50-18-33(65)55-27(12-22-5-7-24(61)8-6-22)40(72)58-28(13-23-15-47-19-52-23)41(73)59-35(21(2)60)42(74)51-16-31(63)49-17-32(64)54-26(9-10-30(44)62)39(71)56-25(38(70)53-20)4-3-11-48-43(45)46/h5-8,15,19-21,25-29,35,60-61H,3-4,9-14,16-18H2,1-2H3,(H2,44,62)(H,47,52)(H,49,63)(H,50,69)(H,51,74)(H,53,70)(H,54,64)(H,55,65)(H,56,71)(H,57,68)(H,58,72)(H,59,73)(H,66,67)(H4,45,46,48)/t20-,21+,25-,26-,27-,28-,29-,35-/m0/s1. The van der Waals surface area contributed by atoms with Crippen molar-refractivity contribution in [3.63, 3.8) is 0 Å². The number of imidazole rings is 1. The quantitative estimate of drug-likeness (QED) is 0.0475. The average Bonchev–Trinajstić information content (AvgIpc) is 3.85. The largest absolute Gasteiger partial charge is 0.508 e. The number of hydrogen-bond donors (Lipinski definition) is 17. The highest BCUT2D eigenvalue weighted by atomic mass is 16.4. The highest BCUT2D eigenvalue weighted by molar-refractivity contribution is 5.99. The summed E-state index contributed by atoms with van der Waals surface area (Å²) in [6.45, 7) is -0.309. The number of aromatic nitrogens is 2. The number of guanidine groups is 1. The fourth-order valence-electron chi connectivity index (χ4n) is 6.79. The monoisotopic (exact) mass is 1040 g/mol. The third kappa shape index (κ3) is 21.2. The second-order valence-corrected chi connectivity index (χ2v) is 16.8. The number of aromatic amines is 1. The van der Waals surface area contributed by atoms with Crippen LogP contribution in [0.15, 0.2) is 41.8 Å². The molecule has 404 valence electrons. The van der Waals surface area contributed by atoms with Crippen LogP contribution in [-0.4, -0.2) is 177 Å². The zero-order valence-corrected chi connectivity index (χ0v) is 40.2. The Hall–Kier alpha value is -8.90. The number of phenols is 1. The summed E-state index contributed by atoms with van der Waals surface area (Å²) in [6, 6.07) is -5.93. The summed E-state index contributed by atoms with van der Waals surface area (Å²) < 4.78 is 0. The van der Waals surface area contributed by atoms with Crippen molar-refractivity contribution >= 4 is 76.9 Å². The van der Waals surface area contributed by atoms with Crippen molar-refractivity contribution in [2.75, 3.05) is 26.2 Å². The highest BCUT2D eigenvalue weighted by Crippen LogP contribution is 2.13. The van der Waals surface area contributed by atoms with Gasteiger partial charge in [-0.2, -0.15) is 0 Å². The van der Waals surface area contributed by atoms with Crippen LogP contribution < -0.4 is 70.4 Å². The first-order valence-corrected chi connectivity index (χ1v) is 22.8. The Morgan fingerprint density at radius 1 is 0.662 bits per heavy atom. The molecule has 1 aliphatic rings. The Kier molecular flexibility index (Phi) is 23.6. The van der Waals surface area contributed by atoms with Gasteiger partial charge in [0.2, 0.25) is 65.0 Å². The molecule has 2 aromatic rings. The molecule has 74 heavy (non-hydrogen) atoms. The molecule has 1 aromatic heterocycles. The van der Waals surface area contributed by atoms with E-state index in [1.165, 1.54) is 36.8 Å². The predicted molar refractivity (Wildman–Crippen MR) is 255 cm³/mol. The number of carbonyl (C=O) groups is 12. The Morgan fingerprint density at radius 2 is 1.20 bits per heavy atom. The second kappa shape index (κ2) is 29.4. The zero-order valence-electron chi connectivity index (χ0n) is 40.2. The van der Waals surface area contributed by atoms with E-state index in [9.17, 15) is 72.9 Å². The predicted octanol–water partition coefficient (Wildman–Crippen LogP) is -8.15. The van der Waals surface area contributed by atoms with Gasteiger partial charge in [0.05, 0.1) is 38.5 Å². The first-order chi connectivity index (χ1) is 34.9. The van der Waals surface area contributed by atoms with Gasteiger partial charge in [-0.3, -0.25) is 62.5 Å². The lowest BCUT2D eigenvalue weighted by Crippen LogP contribution is -2.60. The molecule has 1 aromatic carbocycles. The molecule has 0 spiro atoms. The normalized spacial score (nSPS) is 23.3. The molecule has 3 rings (SSSR count). The molecule has 31 heteroatoms. The van der Waals surface area contributed by atoms with Gasteiger partial charge in [0.15, 0.2) is 5.96 Å². The number of aliphatic hydroxyl groups excluding tert-OH is 1. The van der Waals surface area contributed by atoms with Crippen LogP contribution in [0, 0.1) is 0 Å². The number of aliphatic imine (C=N–C) groups is 1. The molecule has 1 aliphatic heterocycles. The lowest BCUT2D eigenvalue weighted by Gasteiger charge is -2.26. The molecule has 11 amide bonds. The summed E-state index contributed by atoms with van der Waals surface area (Å²) in [5.74, 6) is -13.4. The number of hydrogen-bond acceptors (Lipinski definition) is 16. The summed E-state index contributed by atoms with van der Waals surface area (Å²) in [6.07, 6.45) is -1.68. The van der Waals surface area contributed by atoms with Gasteiger partial charge in [-0.1, -0.05) is 12.1 Å². The molecule has 0 aliphatic carbocycles. The third-order valence-corrected chi connectivity index (χ3v) is 10.7. The summed E-state index contributed by atoms with van der Waals surface area (Å²) in [7, 11) is 0. The Labute approximate surface area is 421 Å². The van der Waals surface area contributed by atoms with Crippen molar-refractivity contribution in [1.29, 1.82) is 0 Å². The van der Waals surface area contributed by atoms with Gasteiger partial charge in [0.25, 0.3) is 0 Å². The first-order valence-electron chi connectivity index (χ1n) is 22.8. The molecule has 1 fully saturated rings. The summed E-state index contributed by atoms with van der Waals surface area (Å²) in [5.41, 5.74) is 16.7. The number of amides is 11. The molecule has 2 heterocycles. The van der Waals surface area contributed by atoms with Crippen LogP contribution in [0.5, 0.6) is 5.75 Å². The van der Waals surface area contributed by atoms with Crippen molar-refractivity contribution < 1.29 is 72.9 Å². The maximum Gasteiger partial charge on any atom is 0.305 e. The van der Waals surface area contributed by atoms with E-state index in [4.69, 9.17) is 17.2 Å². The number of carbonyl (C=O) groups excluding carboxylic acids is 11. The van der Waals surface area contributed by atoms with Crippen LogP contribution in [0.2, 0.25) is 0 Å². The van der Waals surface area contributed by atoms with Crippen LogP contribution in [0.25, 0.3) is 0 Å². The minimum atomic E-state index is -1.87. The fourth-order valence-corrected chi connectivity index (χ4v) is 6.79. The van der Waals surface area contributed by atoms with Crippen LogP contribution >= 0.6 is 0 Å². The number of primary amides is 1. The minimum Gasteiger partial charge on any atom is -0.508 e. The fraction of sp³-hybridized carbons (Fsp3) is 0.488. The topological polar surface area (TPSA) is 505 Å². The molecule has 0 saturated carbocycles. The lowest BCUT2D eigenvalue weighted by atomic mass is 10.0. The van der Waals surface area contributed by atoms with Crippen LogP contribution in [0.3, 0.4) is 0 Å². The van der Waals surface area contributed by atoms with Crippen molar-refractivity contribution in [2.24, 2.45) is 22.2 Å². The van der Waals surface area contributed by atoms with Crippen molar-refractivity contribution in [3.05, 3.63) is 48.0 Å². The first kappa shape index (κ1) is 59.4. The van der Waals surface area contributed by atoms with Gasteiger partial charge in [0, 0.05) is 37.7 Å². The van der Waals surface area contributed by atoms with Gasteiger partial charge in [-0.05, 0) is 50.8 Å². The molecule has 0 unspecified atom stereocenters. The van der Waals surface area contributed by atoms with Crippen LogP contribution in [-0.2, 0) is 70.4 Å². The van der Waals surface area contributed by atoms with E-state index in [1.54, 1.807) is 0 Å². The average molecular weight is 1040 g/mol. The Morgan fingerprint density at radius 3 is 1.81 bits per heavy atom. The molecule has 0 bridgehead atoms. The number of aromatic hydroxyl groups is 1. The van der Waals surface area contributed by atoms with E-state index in [0.717, 1.165) is 13.8 Å². The van der Waals surface area contributed by atoms with Gasteiger partial charge < -0.3 is 90.7 Å². The van der Waals surface area contributed by atoms with E-state index in [-0.39, 0.29) is 43.9 Å². The summed E-state index contributed by atoms with van der Waals surface area (Å²) in [5, 5.41) is 53.1. The zero-order chi connectivity index (χ0) is 55.1. The number of phenolic OH excluding ortho intramolecular Hbond substituents is 1. The number of benzene rings is 1. The van der Waals surface area contributed by atoms with Gasteiger partial charge in [-0.25, -0.2) is 4.98 Å². The number of aliphatic carboxylic acids is 1. The van der Waals surface area contributed by atoms with E-state index < -0.39 is 158 Å². The van der Waals surface area contributed by atoms with Gasteiger partial charge in [-0.15, -0.1) is 0 Å². The lowest BCUT2D eigenvalue weighted by molar-refractivity contribution is -0.141. The number of carboxylic acids is 1. The molecular formula is C43H62N16O15. The number of nitrogens with one attached hydrogen (secondary N) is 11. The number of nitrogens with two attached hydrogens (primary N) is 3. The smallest absolute Gasteiger partial charge is 0.305 e. The van der Waals surface area contributed by atoms with Crippen LogP contribution in [0.4, 0.5) is 0 Å². The number of H-pyrrole nitrogens is 1. The van der Waals surface area contributed by atoms with Crippen LogP contribution in [0.1, 0.15) is 57.2 Å². The molecule has 0 radical (unpaired) electrons. The molecular weight excluding hydrogens is 981 g/mol. The van der Waals surface area contributed by atoms with E-state index in [0.29, 0.717) is 11.3 Å². The van der Waals surface area contributed by atoms with Crippen molar-refractivity contribution in [3.8, 4) is 5.75 Å². The number of rotatable bonds is 14. The maximum absolute atomic E-state index is 14.1. The number of nitrogens with zero attached hydrogens (tertiary/aromatic N) is 2. The second-order valence-electron chi connectivity index (χ2n) is 16.8. The third-order valence-electron chi connectivity index (χ3n) is 10.7. The molecule has 8 atom stereocenters. The van der Waals surface area contributed by atoms with E-state index >= 15 is 0 Å². The maximum atomic E-state index is 14.1. The molecule has 1 saturated heterocycles. The number of aliphatic hydroxyl groups is 1. The summed E-state index contributed by atoms with van der Waals surface area (Å²) >= 11 is 0. The minimum absolute atomic E-state index is 0.0439. The Balaban J connectivity index is 2.03. The van der Waals surface area contributed by atoms with E-state index in [2.05, 4.69) is 68.1 Å². The molecule has 20 N–H and O–H groups in total. The molecule has 31 nitrogen and oxygen atoms in total. The van der Waals surface area contributed by atoms with E-state index in [1.807, 2.05) is 0 Å². The highest BCUT2D eigenvalue weighted by Gasteiger charge is 2.34. The SMILES string of the molecule is C[C@@H]1NC(=O)[C@H](CCCN=C(N)N)NC(=O)[C@H](CCC(N)=O)NC(=O)CNC(=O)CNC(=O)[C@H]([C@@H](C)O)NC(=O)[C@H](Cc2cnc[nH]2)NC(=O)[C@H](Cc2ccc(O)cc2)NC(=O)CNC(=O)[C@H](CC(=O)O)NC1=O. The van der Waals surface area contributed by atoms with Gasteiger partial charge in [0.1, 0.15) is 48.0 Å². The van der Waals surface area contributed by atoms with Crippen molar-refractivity contribution in [1.82, 2.24) is 63.1 Å². The number of carboxylic acid groups (broad SMARTS) is 1.